The summed E-state index contributed by atoms with van der Waals surface area (Å²) in [5.41, 5.74) is 4.05. The van der Waals surface area contributed by atoms with Gasteiger partial charge in [-0.1, -0.05) is 24.3 Å². The number of fused-ring (bicyclic) bond motifs is 8. The standard InChI is InChI=1S/C35H34N4O12S/c1-19(49-34-35(39(42)51-37-34)52(43,44)21-6-4-3-5-7-21)15-36-29(40)10-11-30(41)50-28-13-20-12-26-27(47-17-46-26)14-23(20)32-31(28)22-8-9-25-33(48-18-45-25)24(22)16-38(32)2/h3-9,12,14,19,28,31-32H,10-11,13,15-18H2,1-2H3,(H,36,40)/t19?,28-,31-,32+/m0/s1. The Kier molecular flexibility index (Phi) is 8.53. The van der Waals surface area contributed by atoms with Gasteiger partial charge in [0.05, 0.1) is 23.0 Å². The van der Waals surface area contributed by atoms with E-state index in [1.54, 1.807) is 13.0 Å². The van der Waals surface area contributed by atoms with Crippen molar-refractivity contribution in [3.8, 4) is 28.9 Å². The molecule has 0 radical (unpaired) electrons. The number of aromatic nitrogens is 2. The third-order valence-electron chi connectivity index (χ3n) is 9.63. The molecular weight excluding hydrogens is 700 g/mol. The summed E-state index contributed by atoms with van der Waals surface area (Å²) in [5, 5.41) is 17.5. The lowest BCUT2D eigenvalue weighted by molar-refractivity contribution is -0.832. The van der Waals surface area contributed by atoms with Crippen molar-refractivity contribution < 1.29 is 56.0 Å². The van der Waals surface area contributed by atoms with E-state index in [0.717, 1.165) is 22.3 Å². The number of nitrogens with one attached hydrogen (secondary N) is 1. The Morgan fingerprint density at radius 2 is 1.77 bits per heavy atom. The van der Waals surface area contributed by atoms with E-state index >= 15 is 0 Å². The van der Waals surface area contributed by atoms with Crippen LogP contribution >= 0.6 is 0 Å². The molecule has 272 valence electrons. The molecule has 1 aliphatic carbocycles. The molecule has 8 rings (SSSR count). The molecule has 4 atom stereocenters. The topological polar surface area (TPSA) is 192 Å². The number of likely N-dealkylation sites (N-methyl/N-ethyl adjacent to an activating group) is 1. The monoisotopic (exact) mass is 734 g/mol. The number of sulfone groups is 1. The summed E-state index contributed by atoms with van der Waals surface area (Å²) in [6.45, 7) is 2.34. The molecule has 0 bridgehead atoms. The van der Waals surface area contributed by atoms with Gasteiger partial charge in [-0.15, -0.1) is 0 Å². The fourth-order valence-electron chi connectivity index (χ4n) is 7.30. The average molecular weight is 735 g/mol. The number of hydrogen-bond acceptors (Lipinski definition) is 14. The maximum atomic E-state index is 13.4. The maximum absolute atomic E-state index is 13.4. The molecule has 1 unspecified atom stereocenters. The van der Waals surface area contributed by atoms with Crippen LogP contribution in [0.1, 0.15) is 54.0 Å². The molecule has 16 nitrogen and oxygen atoms in total. The minimum absolute atomic E-state index is 0.0804. The van der Waals surface area contributed by atoms with Crippen LogP contribution in [-0.4, -0.2) is 69.7 Å². The second-order valence-corrected chi connectivity index (χ2v) is 14.8. The van der Waals surface area contributed by atoms with Crippen LogP contribution in [0.25, 0.3) is 0 Å². The van der Waals surface area contributed by atoms with E-state index in [-0.39, 0.29) is 54.7 Å². The highest BCUT2D eigenvalue weighted by Crippen LogP contribution is 2.54. The Balaban J connectivity index is 0.926. The Bertz CT molecular complexity index is 2160. The fraction of sp³-hybridized carbons (Fsp3) is 0.371. The predicted molar refractivity (Wildman–Crippen MR) is 175 cm³/mol. The van der Waals surface area contributed by atoms with Gasteiger partial charge < -0.3 is 38.9 Å². The Morgan fingerprint density at radius 1 is 1.02 bits per heavy atom. The largest absolute Gasteiger partial charge is 0.461 e. The SMILES string of the molecule is CC(CNC(=O)CCC(=O)O[C@H]1Cc2cc3c(cc2[C@@H]2[C@H]1c1ccc4c(c1CN2C)OCO4)OCO3)Oc1no[n+]([O-])c1S(=O)(=O)c1ccccc1. The molecule has 0 saturated carbocycles. The summed E-state index contributed by atoms with van der Waals surface area (Å²) < 4.78 is 65.2. The van der Waals surface area contributed by atoms with Crippen LogP contribution in [0.4, 0.5) is 0 Å². The molecule has 1 aromatic heterocycles. The third kappa shape index (κ3) is 5.98. The summed E-state index contributed by atoms with van der Waals surface area (Å²) in [5.74, 6) is 0.910. The van der Waals surface area contributed by atoms with Crippen molar-refractivity contribution in [3.63, 3.8) is 0 Å². The Hall–Kier alpha value is -5.55. The van der Waals surface area contributed by atoms with Gasteiger partial charge >= 0.3 is 16.9 Å². The normalized spacial score (nSPS) is 20.3. The van der Waals surface area contributed by atoms with Crippen LogP contribution in [0.2, 0.25) is 0 Å². The minimum atomic E-state index is -4.31. The number of carbonyl (C=O) groups is 2. The van der Waals surface area contributed by atoms with Crippen LogP contribution in [0.15, 0.2) is 69.1 Å². The van der Waals surface area contributed by atoms with Crippen LogP contribution in [-0.2, 0) is 37.1 Å². The average Bonchev–Trinajstić information content (AvgIpc) is 3.89. The highest BCUT2D eigenvalue weighted by Gasteiger charge is 2.47. The predicted octanol–water partition coefficient (Wildman–Crippen LogP) is 2.70. The first-order chi connectivity index (χ1) is 25.1. The molecule has 4 aliphatic rings. The van der Waals surface area contributed by atoms with Crippen molar-refractivity contribution in [2.24, 2.45) is 0 Å². The van der Waals surface area contributed by atoms with Gasteiger partial charge in [0.2, 0.25) is 19.5 Å². The Labute approximate surface area is 297 Å². The Morgan fingerprint density at radius 3 is 2.58 bits per heavy atom. The first-order valence-corrected chi connectivity index (χ1v) is 18.1. The van der Waals surface area contributed by atoms with Gasteiger partial charge in [-0.25, -0.2) is 8.42 Å². The van der Waals surface area contributed by atoms with Crippen molar-refractivity contribution in [2.45, 2.75) is 66.8 Å². The van der Waals surface area contributed by atoms with E-state index < -0.39 is 44.8 Å². The van der Waals surface area contributed by atoms with E-state index in [9.17, 15) is 23.2 Å². The lowest BCUT2D eigenvalue weighted by atomic mass is 9.70. The van der Waals surface area contributed by atoms with Crippen LogP contribution in [0, 0.1) is 5.21 Å². The lowest BCUT2D eigenvalue weighted by Gasteiger charge is -2.47. The molecule has 17 heteroatoms. The van der Waals surface area contributed by atoms with Crippen molar-refractivity contribution in [1.82, 2.24) is 15.4 Å². The minimum Gasteiger partial charge on any atom is -0.461 e. The van der Waals surface area contributed by atoms with E-state index in [1.807, 2.05) is 31.3 Å². The molecule has 0 saturated heterocycles. The summed E-state index contributed by atoms with van der Waals surface area (Å²) >= 11 is 0. The van der Waals surface area contributed by atoms with Crippen molar-refractivity contribution in [2.75, 3.05) is 27.2 Å². The number of carbonyl (C=O) groups excluding carboxylic acids is 2. The molecule has 0 spiro atoms. The van der Waals surface area contributed by atoms with Crippen LogP contribution in [0.3, 0.4) is 0 Å². The van der Waals surface area contributed by atoms with Crippen LogP contribution < -0.4 is 33.9 Å². The molecule has 4 heterocycles. The molecule has 1 amide bonds. The second-order valence-electron chi connectivity index (χ2n) is 13.0. The van der Waals surface area contributed by atoms with E-state index in [4.69, 9.17) is 28.4 Å². The summed E-state index contributed by atoms with van der Waals surface area (Å²) in [7, 11) is -2.29. The zero-order valence-corrected chi connectivity index (χ0v) is 28.9. The van der Waals surface area contributed by atoms with Gasteiger partial charge in [0.25, 0.3) is 9.84 Å². The molecule has 0 fully saturated rings. The number of ether oxygens (including phenoxy) is 6. The number of hydrogen-bond donors (Lipinski definition) is 1. The number of amides is 1. The fourth-order valence-corrected chi connectivity index (χ4v) is 8.59. The zero-order valence-electron chi connectivity index (χ0n) is 28.1. The first-order valence-electron chi connectivity index (χ1n) is 16.6. The molecule has 4 aromatic rings. The molecule has 52 heavy (non-hydrogen) atoms. The molecule has 3 aliphatic heterocycles. The number of rotatable bonds is 10. The van der Waals surface area contributed by atoms with Crippen molar-refractivity contribution >= 4 is 21.7 Å². The number of esters is 1. The number of benzene rings is 3. The highest BCUT2D eigenvalue weighted by molar-refractivity contribution is 7.91. The maximum Gasteiger partial charge on any atom is 0.415 e. The van der Waals surface area contributed by atoms with Gasteiger partial charge in [-0.05, 0) is 65.9 Å². The van der Waals surface area contributed by atoms with Crippen molar-refractivity contribution in [3.05, 3.63) is 82.1 Å². The number of nitrogens with zero attached hydrogens (tertiary/aromatic N) is 3. The first kappa shape index (κ1) is 33.6. The smallest absolute Gasteiger partial charge is 0.415 e. The quantitative estimate of drug-likeness (QED) is 0.185. The molecule has 3 aromatic carbocycles. The molecular formula is C35H34N4O12S. The van der Waals surface area contributed by atoms with Crippen molar-refractivity contribution in [1.29, 1.82) is 0 Å². The van der Waals surface area contributed by atoms with E-state index in [2.05, 4.69) is 20.0 Å². The van der Waals surface area contributed by atoms with Gasteiger partial charge in [0, 0.05) is 36.9 Å². The summed E-state index contributed by atoms with van der Waals surface area (Å²) in [4.78, 5) is 28.0. The third-order valence-corrected chi connectivity index (χ3v) is 11.4. The van der Waals surface area contributed by atoms with Gasteiger partial charge in [0.1, 0.15) is 12.2 Å². The van der Waals surface area contributed by atoms with Gasteiger partial charge in [-0.3, -0.25) is 19.1 Å². The summed E-state index contributed by atoms with van der Waals surface area (Å²) in [6, 6.07) is 15.0. The van der Waals surface area contributed by atoms with Gasteiger partial charge in [-0.2, -0.15) is 0 Å². The lowest BCUT2D eigenvalue weighted by Crippen LogP contribution is -2.45. The highest BCUT2D eigenvalue weighted by atomic mass is 32.2. The van der Waals surface area contributed by atoms with E-state index in [1.165, 1.54) is 24.3 Å². The second kappa shape index (κ2) is 13.2. The van der Waals surface area contributed by atoms with Gasteiger partial charge in [0.15, 0.2) is 23.0 Å². The zero-order chi connectivity index (χ0) is 36.1. The van der Waals surface area contributed by atoms with Crippen LogP contribution in [0.5, 0.6) is 28.9 Å². The van der Waals surface area contributed by atoms with E-state index in [0.29, 0.717) is 36.0 Å². The molecule has 1 N–H and O–H groups in total. The summed E-state index contributed by atoms with van der Waals surface area (Å²) in [6.07, 6.45) is -1.31.